The van der Waals surface area contributed by atoms with Gasteiger partial charge in [-0.1, -0.05) is 12.5 Å². The fourth-order valence-corrected chi connectivity index (χ4v) is 4.28. The molecule has 158 valence electrons. The number of alkyl halides is 3. The van der Waals surface area contributed by atoms with Crippen molar-refractivity contribution in [2.24, 2.45) is 0 Å². The Morgan fingerprint density at radius 1 is 1.03 bits per heavy atom. The van der Waals surface area contributed by atoms with Crippen LogP contribution < -0.4 is 10.1 Å². The summed E-state index contributed by atoms with van der Waals surface area (Å²) in [6.07, 6.45) is 0.253. The highest BCUT2D eigenvalue weighted by Crippen LogP contribution is 2.43. The first kappa shape index (κ1) is 21.1. The van der Waals surface area contributed by atoms with Gasteiger partial charge in [0.25, 0.3) is 0 Å². The molecule has 0 radical (unpaired) electrons. The average molecular weight is 528 g/mol. The van der Waals surface area contributed by atoms with Gasteiger partial charge < -0.3 is 10.1 Å². The Balaban J connectivity index is 1.87. The molecule has 4 rings (SSSR count). The molecule has 0 saturated heterocycles. The number of ether oxygens (including phenoxy) is 1. The Hall–Kier alpha value is -2.17. The molecule has 1 saturated carbocycles. The molecule has 0 amide bonds. The number of nitrogens with one attached hydrogen (secondary N) is 1. The van der Waals surface area contributed by atoms with E-state index in [2.05, 4.69) is 20.3 Å². The van der Waals surface area contributed by atoms with Crippen molar-refractivity contribution in [2.45, 2.75) is 44.4 Å². The van der Waals surface area contributed by atoms with Crippen LogP contribution in [0.5, 0.6) is 5.75 Å². The first-order valence-corrected chi connectivity index (χ1v) is 10.8. The molecule has 0 unspecified atom stereocenters. The van der Waals surface area contributed by atoms with Crippen LogP contribution in [0.2, 0.25) is 0 Å². The Morgan fingerprint density at radius 3 is 2.50 bits per heavy atom. The molecule has 5 nitrogen and oxygen atoms in total. The summed E-state index contributed by atoms with van der Waals surface area (Å²) in [6, 6.07) is 7.30. The summed E-state index contributed by atoms with van der Waals surface area (Å²) in [5, 5.41) is 3.61. The fraction of sp³-hybridized carbons (Fsp3) is 0.381. The molecule has 0 bridgehead atoms. The summed E-state index contributed by atoms with van der Waals surface area (Å²) < 4.78 is 48.1. The summed E-state index contributed by atoms with van der Waals surface area (Å²) >= 11 is 1.96. The molecule has 0 spiro atoms. The van der Waals surface area contributed by atoms with Gasteiger partial charge in [0.15, 0.2) is 9.48 Å². The zero-order valence-corrected chi connectivity index (χ0v) is 18.4. The third-order valence-corrected chi connectivity index (χ3v) is 5.69. The van der Waals surface area contributed by atoms with Crippen molar-refractivity contribution in [3.05, 3.63) is 39.7 Å². The summed E-state index contributed by atoms with van der Waals surface area (Å²) in [6.45, 7) is 0. The number of halogens is 4. The zero-order chi connectivity index (χ0) is 21.3. The number of benzene rings is 1. The van der Waals surface area contributed by atoms with Gasteiger partial charge in [0.1, 0.15) is 11.6 Å². The lowest BCUT2D eigenvalue weighted by Gasteiger charge is -2.25. The zero-order valence-electron chi connectivity index (χ0n) is 16.3. The number of nitrogens with zero attached hydrogens (tertiary/aromatic N) is 3. The van der Waals surface area contributed by atoms with Crippen molar-refractivity contribution in [3.8, 4) is 17.0 Å². The van der Waals surface area contributed by atoms with E-state index >= 15 is 0 Å². The second kappa shape index (κ2) is 8.52. The third-order valence-electron chi connectivity index (χ3n) is 5.20. The predicted molar refractivity (Wildman–Crippen MR) is 118 cm³/mol. The molecule has 1 aliphatic rings. The molecule has 2 heterocycles. The fourth-order valence-electron chi connectivity index (χ4n) is 3.81. The predicted octanol–water partition coefficient (Wildman–Crippen LogP) is 6.07. The Labute approximate surface area is 185 Å². The van der Waals surface area contributed by atoms with E-state index in [1.54, 1.807) is 25.2 Å². The van der Waals surface area contributed by atoms with Crippen LogP contribution >= 0.6 is 22.6 Å². The quantitative estimate of drug-likeness (QED) is 0.329. The van der Waals surface area contributed by atoms with Crippen LogP contribution in [0.15, 0.2) is 30.3 Å². The minimum absolute atomic E-state index is 0.0444. The number of pyridine rings is 1. The topological polar surface area (TPSA) is 59.9 Å². The van der Waals surface area contributed by atoms with Gasteiger partial charge in [0.2, 0.25) is 0 Å². The van der Waals surface area contributed by atoms with Crippen molar-refractivity contribution in [3.63, 3.8) is 0 Å². The number of hydrogen-bond donors (Lipinski definition) is 1. The highest BCUT2D eigenvalue weighted by molar-refractivity contribution is 14.1. The van der Waals surface area contributed by atoms with E-state index in [9.17, 15) is 13.2 Å². The Morgan fingerprint density at radius 2 is 1.80 bits per heavy atom. The summed E-state index contributed by atoms with van der Waals surface area (Å²) in [7, 11) is 1.72. The molecular weight excluding hydrogens is 508 g/mol. The molecular formula is C21H20F3IN4O. The number of rotatable bonds is 4. The van der Waals surface area contributed by atoms with Crippen LogP contribution in [-0.2, 0) is 6.18 Å². The monoisotopic (exact) mass is 528 g/mol. The molecule has 1 aromatic carbocycles. The van der Waals surface area contributed by atoms with E-state index < -0.39 is 11.7 Å². The van der Waals surface area contributed by atoms with E-state index in [4.69, 9.17) is 4.74 Å². The second-order valence-corrected chi connectivity index (χ2v) is 8.18. The number of hydrogen-bond acceptors (Lipinski definition) is 5. The largest absolute Gasteiger partial charge is 0.490 e. The van der Waals surface area contributed by atoms with Gasteiger partial charge in [-0.05, 0) is 49.9 Å². The standard InChI is InChI=1S/C21H20F3IN4O/c1-26-18-13-10-11-15(27-19(13)29-20(25)28-18)17-14(21(22,23)24)8-5-9-16(17)30-12-6-3-2-4-7-12/h5,8-12H,2-4,6-7H2,1H3,(H,26,27,28,29). The van der Waals surface area contributed by atoms with Crippen molar-refractivity contribution in [1.82, 2.24) is 15.0 Å². The van der Waals surface area contributed by atoms with Crippen LogP contribution in [0, 0.1) is 3.83 Å². The second-order valence-electron chi connectivity index (χ2n) is 7.21. The van der Waals surface area contributed by atoms with Crippen LogP contribution in [0.3, 0.4) is 0 Å². The summed E-state index contributed by atoms with van der Waals surface area (Å²) in [4.78, 5) is 13.1. The number of anilines is 1. The summed E-state index contributed by atoms with van der Waals surface area (Å²) in [5.41, 5.74) is -0.299. The molecule has 30 heavy (non-hydrogen) atoms. The van der Waals surface area contributed by atoms with Gasteiger partial charge in [0, 0.05) is 29.6 Å². The molecule has 3 aromatic rings. The number of aromatic nitrogens is 3. The minimum atomic E-state index is -4.53. The van der Waals surface area contributed by atoms with Gasteiger partial charge in [0.05, 0.1) is 28.3 Å². The van der Waals surface area contributed by atoms with Crippen molar-refractivity contribution in [2.75, 3.05) is 12.4 Å². The van der Waals surface area contributed by atoms with E-state index in [1.165, 1.54) is 6.07 Å². The SMILES string of the molecule is CNc1nc(I)nc2nc(-c3c(OC4CCCCC4)cccc3C(F)(F)F)ccc12. The average Bonchev–Trinajstić information content (AvgIpc) is 2.72. The number of fused-ring (bicyclic) bond motifs is 1. The lowest BCUT2D eigenvalue weighted by Crippen LogP contribution is -2.20. The third kappa shape index (κ3) is 4.30. The molecule has 2 aromatic heterocycles. The maximum Gasteiger partial charge on any atom is 0.417 e. The Bertz CT molecular complexity index is 1070. The van der Waals surface area contributed by atoms with Crippen molar-refractivity contribution < 1.29 is 17.9 Å². The van der Waals surface area contributed by atoms with Gasteiger partial charge in [-0.3, -0.25) is 0 Å². The van der Waals surface area contributed by atoms with Crippen LogP contribution in [0.1, 0.15) is 37.7 Å². The first-order chi connectivity index (χ1) is 14.4. The summed E-state index contributed by atoms with van der Waals surface area (Å²) in [5.74, 6) is 0.785. The molecule has 0 atom stereocenters. The highest BCUT2D eigenvalue weighted by Gasteiger charge is 2.36. The Kier molecular flexibility index (Phi) is 5.99. The van der Waals surface area contributed by atoms with Gasteiger partial charge in [-0.2, -0.15) is 13.2 Å². The van der Waals surface area contributed by atoms with E-state index in [0.29, 0.717) is 20.7 Å². The molecule has 1 aliphatic carbocycles. The van der Waals surface area contributed by atoms with E-state index in [-0.39, 0.29) is 23.1 Å². The smallest absolute Gasteiger partial charge is 0.417 e. The van der Waals surface area contributed by atoms with E-state index in [1.807, 2.05) is 22.6 Å². The minimum Gasteiger partial charge on any atom is -0.490 e. The van der Waals surface area contributed by atoms with Gasteiger partial charge in [-0.15, -0.1) is 0 Å². The molecule has 0 aliphatic heterocycles. The van der Waals surface area contributed by atoms with Gasteiger partial charge in [-0.25, -0.2) is 15.0 Å². The maximum absolute atomic E-state index is 13.9. The van der Waals surface area contributed by atoms with Crippen LogP contribution in [-0.4, -0.2) is 28.1 Å². The lowest BCUT2D eigenvalue weighted by molar-refractivity contribution is -0.137. The maximum atomic E-state index is 13.9. The highest BCUT2D eigenvalue weighted by atomic mass is 127. The first-order valence-electron chi connectivity index (χ1n) is 9.76. The molecule has 1 fully saturated rings. The van der Waals surface area contributed by atoms with Crippen LogP contribution in [0.4, 0.5) is 19.0 Å². The van der Waals surface area contributed by atoms with Crippen molar-refractivity contribution in [1.29, 1.82) is 0 Å². The van der Waals surface area contributed by atoms with Crippen LogP contribution in [0.25, 0.3) is 22.3 Å². The van der Waals surface area contributed by atoms with E-state index in [0.717, 1.165) is 38.2 Å². The molecule has 1 N–H and O–H groups in total. The normalized spacial score (nSPS) is 15.4. The van der Waals surface area contributed by atoms with Gasteiger partial charge >= 0.3 is 6.18 Å². The lowest BCUT2D eigenvalue weighted by atomic mass is 9.97. The van der Waals surface area contributed by atoms with Crippen molar-refractivity contribution >= 4 is 39.4 Å². The molecule has 9 heteroatoms.